The maximum atomic E-state index is 2.36. The number of para-hydroxylation sites is 1. The van der Waals surface area contributed by atoms with Crippen LogP contribution >= 0.6 is 11.3 Å². The van der Waals surface area contributed by atoms with E-state index in [1.165, 1.54) is 53.2 Å². The van der Waals surface area contributed by atoms with Crippen LogP contribution in [0.4, 0.5) is 17.1 Å². The second-order valence-electron chi connectivity index (χ2n) is 10.6. The average Bonchev–Trinajstić information content (AvgIpc) is 3.46. The van der Waals surface area contributed by atoms with E-state index < -0.39 is 0 Å². The van der Waals surface area contributed by atoms with Gasteiger partial charge in [0, 0.05) is 37.2 Å². The summed E-state index contributed by atoms with van der Waals surface area (Å²) in [6, 6.07) is 59.1. The molecule has 0 saturated heterocycles. The van der Waals surface area contributed by atoms with Crippen molar-refractivity contribution in [2.24, 2.45) is 0 Å². The van der Waals surface area contributed by atoms with Crippen molar-refractivity contribution in [3.8, 4) is 22.3 Å². The van der Waals surface area contributed by atoms with Gasteiger partial charge in [0.2, 0.25) is 0 Å². The molecular formula is C40H27NS. The summed E-state index contributed by atoms with van der Waals surface area (Å²) in [6.45, 7) is 0. The number of anilines is 3. The van der Waals surface area contributed by atoms with Crippen molar-refractivity contribution >= 4 is 59.3 Å². The SMILES string of the molecule is c1ccc(-c2ccccc2-c2ccc(N(c3ccccc3)c3ccc4ccc5sc6ccccc6c5c4c3)cc2)cc1. The van der Waals surface area contributed by atoms with Gasteiger partial charge in [0.25, 0.3) is 0 Å². The van der Waals surface area contributed by atoms with E-state index in [1.54, 1.807) is 0 Å². The van der Waals surface area contributed by atoms with Crippen LogP contribution in [-0.4, -0.2) is 0 Å². The zero-order valence-corrected chi connectivity index (χ0v) is 23.8. The standard InChI is InChI=1S/C40H27NS/c1-3-11-28(12-4-1)34-15-7-8-16-35(34)29-19-23-32(24-20-29)41(31-13-5-2-6-14-31)33-25-21-30-22-26-39-40(37(30)27-33)36-17-9-10-18-38(36)42-39/h1-27H. The molecule has 0 bridgehead atoms. The average molecular weight is 554 g/mol. The fourth-order valence-electron chi connectivity index (χ4n) is 6.09. The smallest absolute Gasteiger partial charge is 0.0468 e. The van der Waals surface area contributed by atoms with Gasteiger partial charge in [0.15, 0.2) is 0 Å². The van der Waals surface area contributed by atoms with E-state index in [9.17, 15) is 0 Å². The lowest BCUT2D eigenvalue weighted by molar-refractivity contribution is 1.29. The molecule has 8 aromatic rings. The molecule has 0 unspecified atom stereocenters. The molecule has 42 heavy (non-hydrogen) atoms. The first-order chi connectivity index (χ1) is 20.8. The molecule has 0 aliphatic rings. The number of rotatable bonds is 5. The van der Waals surface area contributed by atoms with Crippen LogP contribution < -0.4 is 4.90 Å². The molecule has 8 rings (SSSR count). The number of hydrogen-bond acceptors (Lipinski definition) is 2. The maximum absolute atomic E-state index is 2.36. The molecule has 0 aliphatic carbocycles. The number of hydrogen-bond donors (Lipinski definition) is 0. The monoisotopic (exact) mass is 553 g/mol. The van der Waals surface area contributed by atoms with Crippen LogP contribution in [0.5, 0.6) is 0 Å². The highest BCUT2D eigenvalue weighted by atomic mass is 32.1. The van der Waals surface area contributed by atoms with Crippen LogP contribution in [-0.2, 0) is 0 Å². The van der Waals surface area contributed by atoms with E-state index in [1.807, 2.05) is 11.3 Å². The van der Waals surface area contributed by atoms with E-state index in [2.05, 4.69) is 169 Å². The van der Waals surface area contributed by atoms with E-state index in [4.69, 9.17) is 0 Å². The highest BCUT2D eigenvalue weighted by Crippen LogP contribution is 2.42. The Bertz CT molecular complexity index is 2180. The predicted octanol–water partition coefficient (Wildman–Crippen LogP) is 12.0. The highest BCUT2D eigenvalue weighted by Gasteiger charge is 2.16. The van der Waals surface area contributed by atoms with Crippen molar-refractivity contribution in [2.45, 2.75) is 0 Å². The quantitative estimate of drug-likeness (QED) is 0.205. The van der Waals surface area contributed by atoms with Gasteiger partial charge in [0.05, 0.1) is 0 Å². The van der Waals surface area contributed by atoms with Gasteiger partial charge in [-0.05, 0) is 81.6 Å². The summed E-state index contributed by atoms with van der Waals surface area (Å²) in [6.07, 6.45) is 0. The number of thiophene rings is 1. The first-order valence-corrected chi connectivity index (χ1v) is 15.1. The lowest BCUT2D eigenvalue weighted by Gasteiger charge is -2.26. The molecule has 0 radical (unpaired) electrons. The molecule has 1 nitrogen and oxygen atoms in total. The summed E-state index contributed by atoms with van der Waals surface area (Å²) < 4.78 is 2.66. The zero-order valence-electron chi connectivity index (χ0n) is 22.9. The summed E-state index contributed by atoms with van der Waals surface area (Å²) in [4.78, 5) is 2.36. The second kappa shape index (κ2) is 10.3. The molecule has 0 aliphatic heterocycles. The van der Waals surface area contributed by atoms with Crippen LogP contribution in [0.25, 0.3) is 53.2 Å². The summed E-state index contributed by atoms with van der Waals surface area (Å²) in [7, 11) is 0. The van der Waals surface area contributed by atoms with Crippen molar-refractivity contribution in [3.05, 3.63) is 164 Å². The lowest BCUT2D eigenvalue weighted by atomic mass is 9.94. The molecule has 0 N–H and O–H groups in total. The summed E-state index contributed by atoms with van der Waals surface area (Å²) >= 11 is 1.87. The Balaban J connectivity index is 1.27. The topological polar surface area (TPSA) is 3.24 Å². The van der Waals surface area contributed by atoms with Crippen molar-refractivity contribution in [1.29, 1.82) is 0 Å². The fourth-order valence-corrected chi connectivity index (χ4v) is 7.21. The molecule has 1 aromatic heterocycles. The fraction of sp³-hybridized carbons (Fsp3) is 0. The zero-order chi connectivity index (χ0) is 27.9. The van der Waals surface area contributed by atoms with Gasteiger partial charge in [-0.25, -0.2) is 0 Å². The molecule has 0 saturated carbocycles. The van der Waals surface area contributed by atoms with Gasteiger partial charge >= 0.3 is 0 Å². The largest absolute Gasteiger partial charge is 0.310 e. The Morgan fingerprint density at radius 3 is 1.71 bits per heavy atom. The molecule has 198 valence electrons. The number of benzene rings is 7. The third-order valence-corrected chi connectivity index (χ3v) is 9.20. The Kier molecular flexibility index (Phi) is 6.05. The van der Waals surface area contributed by atoms with Crippen LogP contribution in [0.3, 0.4) is 0 Å². The van der Waals surface area contributed by atoms with Gasteiger partial charge in [-0.1, -0.05) is 115 Å². The highest BCUT2D eigenvalue weighted by molar-refractivity contribution is 7.26. The van der Waals surface area contributed by atoms with Crippen LogP contribution in [0.1, 0.15) is 0 Å². The van der Waals surface area contributed by atoms with Gasteiger partial charge in [-0.2, -0.15) is 0 Å². The Labute approximate surface area is 249 Å². The summed E-state index contributed by atoms with van der Waals surface area (Å²) in [5.74, 6) is 0. The third kappa shape index (κ3) is 4.25. The van der Waals surface area contributed by atoms with Crippen molar-refractivity contribution < 1.29 is 0 Å². The normalized spacial score (nSPS) is 11.3. The van der Waals surface area contributed by atoms with Crippen molar-refractivity contribution in [2.75, 3.05) is 4.90 Å². The van der Waals surface area contributed by atoms with Gasteiger partial charge in [-0.15, -0.1) is 11.3 Å². The minimum Gasteiger partial charge on any atom is -0.310 e. The lowest BCUT2D eigenvalue weighted by Crippen LogP contribution is -2.09. The number of fused-ring (bicyclic) bond motifs is 5. The Morgan fingerprint density at radius 1 is 0.381 bits per heavy atom. The Hall–Kier alpha value is -5.18. The van der Waals surface area contributed by atoms with Gasteiger partial charge in [0.1, 0.15) is 0 Å². The predicted molar refractivity (Wildman–Crippen MR) is 182 cm³/mol. The molecule has 0 amide bonds. The van der Waals surface area contributed by atoms with E-state index >= 15 is 0 Å². The molecule has 2 heteroatoms. The Morgan fingerprint density at radius 2 is 0.952 bits per heavy atom. The van der Waals surface area contributed by atoms with E-state index in [0.717, 1.165) is 17.1 Å². The third-order valence-electron chi connectivity index (χ3n) is 8.06. The first kappa shape index (κ1) is 24.6. The molecule has 0 spiro atoms. The van der Waals surface area contributed by atoms with Gasteiger partial charge < -0.3 is 4.90 Å². The van der Waals surface area contributed by atoms with Crippen molar-refractivity contribution in [1.82, 2.24) is 0 Å². The van der Waals surface area contributed by atoms with Crippen LogP contribution in [0.2, 0.25) is 0 Å². The second-order valence-corrected chi connectivity index (χ2v) is 11.7. The van der Waals surface area contributed by atoms with E-state index in [-0.39, 0.29) is 0 Å². The van der Waals surface area contributed by atoms with Crippen LogP contribution in [0.15, 0.2) is 164 Å². The summed E-state index contributed by atoms with van der Waals surface area (Å²) in [5.41, 5.74) is 8.32. The van der Waals surface area contributed by atoms with Crippen LogP contribution in [0, 0.1) is 0 Å². The first-order valence-electron chi connectivity index (χ1n) is 14.3. The van der Waals surface area contributed by atoms with E-state index in [0.29, 0.717) is 0 Å². The number of nitrogens with zero attached hydrogens (tertiary/aromatic N) is 1. The molecule has 7 aromatic carbocycles. The molecule has 0 fully saturated rings. The summed E-state index contributed by atoms with van der Waals surface area (Å²) in [5, 5.41) is 5.22. The maximum Gasteiger partial charge on any atom is 0.0468 e. The molecule has 0 atom stereocenters. The molecule has 1 heterocycles. The molecular weight excluding hydrogens is 527 g/mol. The van der Waals surface area contributed by atoms with Gasteiger partial charge in [-0.3, -0.25) is 0 Å². The van der Waals surface area contributed by atoms with Crippen molar-refractivity contribution in [3.63, 3.8) is 0 Å². The minimum atomic E-state index is 1.13. The minimum absolute atomic E-state index is 1.13.